The lowest BCUT2D eigenvalue weighted by Crippen LogP contribution is -2.52. The van der Waals surface area contributed by atoms with Gasteiger partial charge in [0.15, 0.2) is 0 Å². The van der Waals surface area contributed by atoms with Gasteiger partial charge in [0, 0.05) is 31.6 Å². The molecule has 0 aromatic heterocycles. The Labute approximate surface area is 85.0 Å². The van der Waals surface area contributed by atoms with Gasteiger partial charge in [-0.2, -0.15) is 0 Å². The van der Waals surface area contributed by atoms with Crippen LogP contribution in [-0.2, 0) is 4.79 Å². The Balaban J connectivity index is 1.53. The van der Waals surface area contributed by atoms with E-state index >= 15 is 0 Å². The Morgan fingerprint density at radius 1 is 1.43 bits per heavy atom. The maximum atomic E-state index is 11.1. The summed E-state index contributed by atoms with van der Waals surface area (Å²) in [5, 5.41) is 5.78. The molecule has 4 nitrogen and oxygen atoms in total. The largest absolute Gasteiger partial charge is 0.355 e. The van der Waals surface area contributed by atoms with Gasteiger partial charge in [-0.15, -0.1) is 0 Å². The number of rotatable bonds is 5. The van der Waals surface area contributed by atoms with Crippen LogP contribution in [0.2, 0.25) is 0 Å². The minimum atomic E-state index is 0.109. The summed E-state index contributed by atoms with van der Waals surface area (Å²) in [5.74, 6) is 0.800. The fourth-order valence-electron chi connectivity index (χ4n) is 1.96. The van der Waals surface area contributed by atoms with Gasteiger partial charge in [0.1, 0.15) is 0 Å². The molecule has 2 N–H and O–H groups in total. The quantitative estimate of drug-likeness (QED) is 0.619. The highest BCUT2D eigenvalue weighted by Crippen LogP contribution is 2.32. The first-order chi connectivity index (χ1) is 6.79. The Kier molecular flexibility index (Phi) is 3.03. The van der Waals surface area contributed by atoms with E-state index in [2.05, 4.69) is 15.5 Å². The van der Waals surface area contributed by atoms with E-state index in [1.165, 1.54) is 25.9 Å². The molecular weight excluding hydrogens is 178 g/mol. The van der Waals surface area contributed by atoms with Crippen LogP contribution in [0.1, 0.15) is 12.8 Å². The molecular formula is C10H19N3O. The summed E-state index contributed by atoms with van der Waals surface area (Å²) in [6.45, 7) is 3.65. The van der Waals surface area contributed by atoms with Crippen molar-refractivity contribution in [2.45, 2.75) is 18.9 Å². The van der Waals surface area contributed by atoms with E-state index in [4.69, 9.17) is 0 Å². The molecule has 1 aliphatic heterocycles. The molecule has 2 fully saturated rings. The summed E-state index contributed by atoms with van der Waals surface area (Å²) >= 11 is 0. The maximum absolute atomic E-state index is 11.1. The van der Waals surface area contributed by atoms with Crippen molar-refractivity contribution in [3.05, 3.63) is 0 Å². The second-order valence-corrected chi connectivity index (χ2v) is 4.39. The molecule has 0 radical (unpaired) electrons. The van der Waals surface area contributed by atoms with Crippen molar-refractivity contribution in [2.75, 3.05) is 33.2 Å². The molecule has 4 heteroatoms. The minimum absolute atomic E-state index is 0.109. The molecule has 1 aliphatic carbocycles. The van der Waals surface area contributed by atoms with E-state index in [0.29, 0.717) is 12.5 Å². The van der Waals surface area contributed by atoms with Crippen molar-refractivity contribution in [2.24, 2.45) is 5.92 Å². The third-order valence-electron chi connectivity index (χ3n) is 2.97. The second-order valence-electron chi connectivity index (χ2n) is 4.39. The molecule has 1 heterocycles. The topological polar surface area (TPSA) is 44.4 Å². The van der Waals surface area contributed by atoms with Crippen molar-refractivity contribution in [1.29, 1.82) is 0 Å². The summed E-state index contributed by atoms with van der Waals surface area (Å²) in [6.07, 6.45) is 2.78. The van der Waals surface area contributed by atoms with E-state index in [1.54, 1.807) is 7.05 Å². The highest BCUT2D eigenvalue weighted by molar-refractivity contribution is 5.77. The van der Waals surface area contributed by atoms with Crippen molar-refractivity contribution in [1.82, 2.24) is 15.5 Å². The summed E-state index contributed by atoms with van der Waals surface area (Å²) < 4.78 is 0. The number of nitrogens with one attached hydrogen (secondary N) is 2. The molecule has 0 bridgehead atoms. The first-order valence-electron chi connectivity index (χ1n) is 5.45. The number of amides is 1. The van der Waals surface area contributed by atoms with Gasteiger partial charge in [0.25, 0.3) is 0 Å². The average Bonchev–Trinajstić information content (AvgIpc) is 2.85. The van der Waals surface area contributed by atoms with Crippen molar-refractivity contribution in [3.63, 3.8) is 0 Å². The van der Waals surface area contributed by atoms with Crippen LogP contribution in [0.15, 0.2) is 0 Å². The van der Waals surface area contributed by atoms with Crippen molar-refractivity contribution >= 4 is 5.91 Å². The van der Waals surface area contributed by atoms with Crippen LogP contribution < -0.4 is 10.6 Å². The fourth-order valence-corrected chi connectivity index (χ4v) is 1.96. The third kappa shape index (κ3) is 2.45. The number of carbonyl (C=O) groups excluding carboxylic acids is 1. The van der Waals surface area contributed by atoms with Gasteiger partial charge in [-0.25, -0.2) is 0 Å². The zero-order chi connectivity index (χ0) is 9.97. The molecule has 1 amide bonds. The molecule has 0 aromatic carbocycles. The van der Waals surface area contributed by atoms with Crippen LogP contribution in [0.25, 0.3) is 0 Å². The van der Waals surface area contributed by atoms with Crippen LogP contribution in [0.4, 0.5) is 0 Å². The van der Waals surface area contributed by atoms with Crippen LogP contribution in [0.3, 0.4) is 0 Å². The van der Waals surface area contributed by atoms with E-state index in [0.717, 1.165) is 12.6 Å². The van der Waals surface area contributed by atoms with Crippen LogP contribution in [0, 0.1) is 5.92 Å². The van der Waals surface area contributed by atoms with Gasteiger partial charge in [0.2, 0.25) is 5.91 Å². The fraction of sp³-hybridized carbons (Fsp3) is 0.900. The van der Waals surface area contributed by atoms with E-state index in [9.17, 15) is 4.79 Å². The van der Waals surface area contributed by atoms with Crippen LogP contribution in [0.5, 0.6) is 0 Å². The van der Waals surface area contributed by atoms with Crippen LogP contribution in [-0.4, -0.2) is 50.1 Å². The van der Waals surface area contributed by atoms with Crippen LogP contribution >= 0.6 is 0 Å². The lowest BCUT2D eigenvalue weighted by Gasteiger charge is -2.39. The molecule has 1 saturated carbocycles. The number of likely N-dealkylation sites (tertiary alicyclic amines) is 1. The molecule has 0 aromatic rings. The summed E-state index contributed by atoms with van der Waals surface area (Å²) in [7, 11) is 1.79. The SMILES string of the molecule is CNCC(=O)NCC1CN(C2CC2)C1. The second kappa shape index (κ2) is 4.28. The van der Waals surface area contributed by atoms with Gasteiger partial charge in [-0.05, 0) is 19.9 Å². The average molecular weight is 197 g/mol. The van der Waals surface area contributed by atoms with Crippen molar-refractivity contribution in [3.8, 4) is 0 Å². The standard InChI is InChI=1S/C10H19N3O/c1-11-5-10(14)12-4-8-6-13(7-8)9-2-3-9/h8-9,11H,2-7H2,1H3,(H,12,14). The Bertz CT molecular complexity index is 209. The highest BCUT2D eigenvalue weighted by atomic mass is 16.1. The Morgan fingerprint density at radius 3 is 2.71 bits per heavy atom. The molecule has 14 heavy (non-hydrogen) atoms. The van der Waals surface area contributed by atoms with Gasteiger partial charge >= 0.3 is 0 Å². The zero-order valence-electron chi connectivity index (χ0n) is 8.75. The summed E-state index contributed by atoms with van der Waals surface area (Å²) in [5.41, 5.74) is 0. The maximum Gasteiger partial charge on any atom is 0.233 e. The molecule has 0 atom stereocenters. The lowest BCUT2D eigenvalue weighted by molar-refractivity contribution is -0.120. The predicted molar refractivity (Wildman–Crippen MR) is 55.0 cm³/mol. The predicted octanol–water partition coefficient (Wildman–Crippen LogP) is -0.584. The monoisotopic (exact) mass is 197 g/mol. The number of carbonyl (C=O) groups is 1. The molecule has 80 valence electrons. The summed E-state index contributed by atoms with van der Waals surface area (Å²) in [4.78, 5) is 13.7. The number of nitrogens with zero attached hydrogens (tertiary/aromatic N) is 1. The number of hydrogen-bond acceptors (Lipinski definition) is 3. The normalized spacial score (nSPS) is 23.2. The first kappa shape index (κ1) is 9.93. The van der Waals surface area contributed by atoms with E-state index in [-0.39, 0.29) is 5.91 Å². The lowest BCUT2D eigenvalue weighted by atomic mass is 10.00. The minimum Gasteiger partial charge on any atom is -0.355 e. The molecule has 0 unspecified atom stereocenters. The highest BCUT2D eigenvalue weighted by Gasteiger charge is 2.37. The zero-order valence-corrected chi connectivity index (χ0v) is 8.75. The molecule has 2 aliphatic rings. The number of hydrogen-bond donors (Lipinski definition) is 2. The number of likely N-dealkylation sites (N-methyl/N-ethyl adjacent to an activating group) is 1. The Hall–Kier alpha value is -0.610. The van der Waals surface area contributed by atoms with Crippen molar-refractivity contribution < 1.29 is 4.79 Å². The summed E-state index contributed by atoms with van der Waals surface area (Å²) in [6, 6.07) is 0.888. The molecule has 2 rings (SSSR count). The first-order valence-corrected chi connectivity index (χ1v) is 5.45. The van der Waals surface area contributed by atoms with Gasteiger partial charge in [-0.3, -0.25) is 9.69 Å². The Morgan fingerprint density at radius 2 is 2.14 bits per heavy atom. The smallest absolute Gasteiger partial charge is 0.233 e. The van der Waals surface area contributed by atoms with Gasteiger partial charge < -0.3 is 10.6 Å². The third-order valence-corrected chi connectivity index (χ3v) is 2.97. The van der Waals surface area contributed by atoms with Gasteiger partial charge in [-0.1, -0.05) is 0 Å². The van der Waals surface area contributed by atoms with E-state index in [1.807, 2.05) is 0 Å². The molecule has 0 spiro atoms. The van der Waals surface area contributed by atoms with E-state index < -0.39 is 0 Å². The molecule has 1 saturated heterocycles. The van der Waals surface area contributed by atoms with Gasteiger partial charge in [0.05, 0.1) is 6.54 Å².